The second-order valence-corrected chi connectivity index (χ2v) is 0. The number of hydrogen-bond acceptors (Lipinski definition) is 2. The quantitative estimate of drug-likeness (QED) is 0.420. The van der Waals surface area contributed by atoms with E-state index in [1.165, 1.54) is 0 Å². The van der Waals surface area contributed by atoms with Gasteiger partial charge in [-0.25, -0.2) is 0 Å². The molecular formula is H2O3Pb2. The number of rotatable bonds is 0. The Balaban J connectivity index is 0. The molecule has 0 aliphatic carbocycles. The fraction of sp³-hybridized carbons (Fsp3) is 0. The SMILES string of the molecule is [O-2].[OH-].[OH-].[Pb+2].[Pb+2]. The predicted octanol–water partition coefficient (Wildman–Crippen LogP) is -1.23. The molecule has 5 heteroatoms. The summed E-state index contributed by atoms with van der Waals surface area (Å²) in [5.41, 5.74) is 0. The van der Waals surface area contributed by atoms with Gasteiger partial charge >= 0.3 is 54.6 Å². The Morgan fingerprint density at radius 3 is 0.600 bits per heavy atom. The van der Waals surface area contributed by atoms with Crippen molar-refractivity contribution in [3.05, 3.63) is 0 Å². The van der Waals surface area contributed by atoms with E-state index in [0.29, 0.717) is 0 Å². The molecular weight excluding hydrogens is 462 g/mol. The minimum absolute atomic E-state index is 0. The van der Waals surface area contributed by atoms with E-state index in [2.05, 4.69) is 0 Å². The Bertz CT molecular complexity index is 4.85. The Kier molecular flexibility index (Phi) is 637. The van der Waals surface area contributed by atoms with E-state index in [9.17, 15) is 0 Å². The normalized spacial score (nSPS) is 0. The van der Waals surface area contributed by atoms with E-state index in [1.54, 1.807) is 0 Å². The van der Waals surface area contributed by atoms with Gasteiger partial charge in [-0.05, 0) is 0 Å². The molecule has 0 aromatic carbocycles. The van der Waals surface area contributed by atoms with Gasteiger partial charge < -0.3 is 16.4 Å². The molecule has 0 fully saturated rings. The van der Waals surface area contributed by atoms with E-state index < -0.39 is 0 Å². The van der Waals surface area contributed by atoms with Crippen molar-refractivity contribution in [3.63, 3.8) is 0 Å². The van der Waals surface area contributed by atoms with Crippen molar-refractivity contribution in [2.24, 2.45) is 0 Å². The Labute approximate surface area is 70.4 Å². The molecule has 0 heterocycles. The molecule has 0 amide bonds. The summed E-state index contributed by atoms with van der Waals surface area (Å²) in [6.07, 6.45) is 0. The molecule has 0 aliphatic rings. The third-order valence-electron chi connectivity index (χ3n) is 0. The van der Waals surface area contributed by atoms with E-state index in [4.69, 9.17) is 0 Å². The van der Waals surface area contributed by atoms with Crippen LogP contribution in [0, 0.1) is 0 Å². The zero-order chi connectivity index (χ0) is 0. The van der Waals surface area contributed by atoms with Crippen molar-refractivity contribution in [2.45, 2.75) is 0 Å². The van der Waals surface area contributed by atoms with Crippen LogP contribution in [0.5, 0.6) is 0 Å². The van der Waals surface area contributed by atoms with E-state index in [1.807, 2.05) is 0 Å². The maximum Gasteiger partial charge on any atom is 2.00 e. The van der Waals surface area contributed by atoms with Crippen molar-refractivity contribution in [1.82, 2.24) is 0 Å². The molecule has 3 nitrogen and oxygen atoms in total. The van der Waals surface area contributed by atoms with Gasteiger partial charge in [-0.15, -0.1) is 0 Å². The van der Waals surface area contributed by atoms with Crippen molar-refractivity contribution in [1.29, 1.82) is 0 Å². The monoisotopic (exact) mass is 466 g/mol. The van der Waals surface area contributed by atoms with Crippen LogP contribution >= 0.6 is 0 Å². The summed E-state index contributed by atoms with van der Waals surface area (Å²) < 4.78 is 0. The fourth-order valence-electron chi connectivity index (χ4n) is 0. The molecule has 0 rings (SSSR count). The van der Waals surface area contributed by atoms with Crippen molar-refractivity contribution >= 4 is 54.6 Å². The zero-order valence-electron chi connectivity index (χ0n) is 2.30. The Hall–Kier alpha value is 1.72. The smallest absolute Gasteiger partial charge is 2.00 e. The average molecular weight is 464 g/mol. The van der Waals surface area contributed by atoms with E-state index in [-0.39, 0.29) is 71.0 Å². The molecule has 0 unspecified atom stereocenters. The molecule has 0 aromatic heterocycles. The molecule has 5 heavy (non-hydrogen) atoms. The van der Waals surface area contributed by atoms with E-state index >= 15 is 0 Å². The van der Waals surface area contributed by atoms with Crippen LogP contribution in [0.3, 0.4) is 0 Å². The van der Waals surface area contributed by atoms with Crippen LogP contribution in [0.1, 0.15) is 0 Å². The number of hydrogen-bond donors (Lipinski definition) is 0. The van der Waals surface area contributed by atoms with Crippen molar-refractivity contribution in [3.8, 4) is 0 Å². The van der Waals surface area contributed by atoms with Crippen LogP contribution < -0.4 is 0 Å². The predicted molar refractivity (Wildman–Crippen MR) is 16.1 cm³/mol. The summed E-state index contributed by atoms with van der Waals surface area (Å²) in [5, 5.41) is 0. The molecule has 0 saturated carbocycles. The van der Waals surface area contributed by atoms with Gasteiger partial charge in [0.15, 0.2) is 0 Å². The average Bonchev–Trinajstić information content (AvgIpc) is 0. The minimum atomic E-state index is 0. The summed E-state index contributed by atoms with van der Waals surface area (Å²) in [6, 6.07) is 0. The summed E-state index contributed by atoms with van der Waals surface area (Å²) >= 11 is 0. The molecule has 0 aliphatic heterocycles. The molecule has 0 aromatic rings. The maximum absolute atomic E-state index is 0. The van der Waals surface area contributed by atoms with Crippen molar-refractivity contribution in [2.75, 3.05) is 0 Å². The first-order valence-electron chi connectivity index (χ1n) is 0. The van der Waals surface area contributed by atoms with Gasteiger partial charge in [0.25, 0.3) is 0 Å². The molecule has 28 valence electrons. The minimum Gasteiger partial charge on any atom is -2.00 e. The van der Waals surface area contributed by atoms with Gasteiger partial charge in [0.2, 0.25) is 0 Å². The summed E-state index contributed by atoms with van der Waals surface area (Å²) in [4.78, 5) is 0. The van der Waals surface area contributed by atoms with Crippen LogP contribution in [0.2, 0.25) is 0 Å². The molecule has 4 radical (unpaired) electrons. The Morgan fingerprint density at radius 1 is 0.600 bits per heavy atom. The first-order valence-corrected chi connectivity index (χ1v) is 0. The largest absolute Gasteiger partial charge is 2.00 e. The third-order valence-corrected chi connectivity index (χ3v) is 0. The van der Waals surface area contributed by atoms with Gasteiger partial charge in [0.1, 0.15) is 0 Å². The molecule has 0 atom stereocenters. The molecule has 2 N–H and O–H groups in total. The van der Waals surface area contributed by atoms with E-state index in [0.717, 1.165) is 0 Å². The van der Waals surface area contributed by atoms with Crippen LogP contribution in [-0.4, -0.2) is 65.5 Å². The fourth-order valence-corrected chi connectivity index (χ4v) is 0. The van der Waals surface area contributed by atoms with Crippen LogP contribution in [0.25, 0.3) is 0 Å². The second kappa shape index (κ2) is 43.0. The summed E-state index contributed by atoms with van der Waals surface area (Å²) in [6.45, 7) is 0. The maximum atomic E-state index is 0. The van der Waals surface area contributed by atoms with Crippen LogP contribution in [-0.2, 0) is 5.48 Å². The molecule has 0 spiro atoms. The van der Waals surface area contributed by atoms with Gasteiger partial charge in [0, 0.05) is 0 Å². The topological polar surface area (TPSA) is 88.5 Å². The summed E-state index contributed by atoms with van der Waals surface area (Å²) in [5.74, 6) is 0. The van der Waals surface area contributed by atoms with Crippen LogP contribution in [0.15, 0.2) is 0 Å². The first kappa shape index (κ1) is 74.1. The molecule has 0 bridgehead atoms. The van der Waals surface area contributed by atoms with Crippen molar-refractivity contribution < 1.29 is 16.4 Å². The Morgan fingerprint density at radius 2 is 0.600 bits per heavy atom. The van der Waals surface area contributed by atoms with Gasteiger partial charge in [-0.1, -0.05) is 0 Å². The van der Waals surface area contributed by atoms with Gasteiger partial charge in [0.05, 0.1) is 0 Å². The van der Waals surface area contributed by atoms with Gasteiger partial charge in [-0.2, -0.15) is 0 Å². The van der Waals surface area contributed by atoms with Gasteiger partial charge in [-0.3, -0.25) is 0 Å². The standard InChI is InChI=1S/2H2O.O.2Pb/h2*1H2;;;/q;;-2;2*+2/p-2. The summed E-state index contributed by atoms with van der Waals surface area (Å²) in [7, 11) is 0. The van der Waals surface area contributed by atoms with Crippen LogP contribution in [0.4, 0.5) is 0 Å². The third kappa shape index (κ3) is 26.7. The first-order chi connectivity index (χ1) is 0. The zero-order valence-corrected chi connectivity index (χ0v) is 10.1. The molecule has 0 saturated heterocycles. The second-order valence-electron chi connectivity index (χ2n) is 0.